The van der Waals surface area contributed by atoms with E-state index in [0.29, 0.717) is 11.4 Å². The molecule has 0 heterocycles. The predicted molar refractivity (Wildman–Crippen MR) is 69.9 cm³/mol. The van der Waals surface area contributed by atoms with Crippen molar-refractivity contribution < 1.29 is 13.6 Å². The number of benzene rings is 2. The highest BCUT2D eigenvalue weighted by Crippen LogP contribution is 2.19. The average molecular weight is 262 g/mol. The van der Waals surface area contributed by atoms with Crippen LogP contribution in [-0.4, -0.2) is 13.0 Å². The quantitative estimate of drug-likeness (QED) is 0.846. The van der Waals surface area contributed by atoms with Crippen molar-refractivity contribution in [3.05, 3.63) is 59.7 Å². The normalized spacial score (nSPS) is 10.3. The highest BCUT2D eigenvalue weighted by Gasteiger charge is 2.17. The van der Waals surface area contributed by atoms with Crippen LogP contribution in [0.15, 0.2) is 42.5 Å². The van der Waals surface area contributed by atoms with Crippen LogP contribution in [0.5, 0.6) is 0 Å². The molecule has 2 aromatic rings. The molecule has 98 valence electrons. The maximum atomic E-state index is 13.6. The lowest BCUT2D eigenvalue weighted by Crippen LogP contribution is -2.27. The number of carbonyl (C=O) groups excluding carboxylic acids is 1. The molecule has 0 bridgehead atoms. The third-order valence-corrected chi connectivity index (χ3v) is 2.74. The number of nitrogens with two attached hydrogens (primary N) is 1. The summed E-state index contributed by atoms with van der Waals surface area (Å²) in [6, 6.07) is 9.14. The van der Waals surface area contributed by atoms with Gasteiger partial charge in [-0.25, -0.2) is 8.78 Å². The highest BCUT2D eigenvalue weighted by atomic mass is 19.1. The van der Waals surface area contributed by atoms with Gasteiger partial charge in [0, 0.05) is 18.4 Å². The zero-order valence-electron chi connectivity index (χ0n) is 10.2. The number of nitrogens with zero attached hydrogens (tertiary/aromatic N) is 1. The van der Waals surface area contributed by atoms with Crippen LogP contribution < -0.4 is 10.6 Å². The van der Waals surface area contributed by atoms with Gasteiger partial charge >= 0.3 is 0 Å². The summed E-state index contributed by atoms with van der Waals surface area (Å²) in [7, 11) is 1.48. The van der Waals surface area contributed by atoms with E-state index < -0.39 is 17.5 Å². The van der Waals surface area contributed by atoms with Gasteiger partial charge in [0.05, 0.1) is 5.56 Å². The minimum Gasteiger partial charge on any atom is -0.399 e. The van der Waals surface area contributed by atoms with Gasteiger partial charge in [-0.3, -0.25) is 4.79 Å². The monoisotopic (exact) mass is 262 g/mol. The van der Waals surface area contributed by atoms with E-state index in [4.69, 9.17) is 5.73 Å². The van der Waals surface area contributed by atoms with Gasteiger partial charge in [-0.2, -0.15) is 0 Å². The summed E-state index contributed by atoms with van der Waals surface area (Å²) in [5.74, 6) is -1.59. The number of carbonyl (C=O) groups is 1. The van der Waals surface area contributed by atoms with Crippen molar-refractivity contribution in [2.45, 2.75) is 0 Å². The molecule has 0 aliphatic rings. The van der Waals surface area contributed by atoms with Crippen LogP contribution in [0.2, 0.25) is 0 Å². The lowest BCUT2D eigenvalue weighted by atomic mass is 10.1. The molecule has 2 N–H and O–H groups in total. The summed E-state index contributed by atoms with van der Waals surface area (Å²) in [4.78, 5) is 13.4. The number of rotatable bonds is 2. The van der Waals surface area contributed by atoms with Gasteiger partial charge in [-0.15, -0.1) is 0 Å². The molecule has 0 aliphatic heterocycles. The van der Waals surface area contributed by atoms with E-state index in [2.05, 4.69) is 0 Å². The Hall–Kier alpha value is -2.43. The Morgan fingerprint density at radius 3 is 2.37 bits per heavy atom. The topological polar surface area (TPSA) is 46.3 Å². The Morgan fingerprint density at radius 2 is 1.74 bits per heavy atom. The second kappa shape index (κ2) is 5.06. The molecule has 3 nitrogen and oxygen atoms in total. The molecule has 0 aromatic heterocycles. The smallest absolute Gasteiger partial charge is 0.261 e. The Labute approximate surface area is 109 Å². The predicted octanol–water partition coefficient (Wildman–Crippen LogP) is 2.82. The van der Waals surface area contributed by atoms with Crippen LogP contribution in [-0.2, 0) is 0 Å². The lowest BCUT2D eigenvalue weighted by Gasteiger charge is -2.17. The van der Waals surface area contributed by atoms with E-state index in [1.807, 2.05) is 0 Å². The molecule has 0 fully saturated rings. The maximum Gasteiger partial charge on any atom is 0.261 e. The largest absolute Gasteiger partial charge is 0.399 e. The molecule has 0 spiro atoms. The third kappa shape index (κ3) is 2.70. The Kier molecular flexibility index (Phi) is 3.46. The van der Waals surface area contributed by atoms with Gasteiger partial charge in [0.15, 0.2) is 0 Å². The third-order valence-electron chi connectivity index (χ3n) is 2.74. The van der Waals surface area contributed by atoms with Gasteiger partial charge in [0.1, 0.15) is 11.6 Å². The minimum absolute atomic E-state index is 0.119. The molecule has 19 heavy (non-hydrogen) atoms. The van der Waals surface area contributed by atoms with Crippen LogP contribution in [0, 0.1) is 11.6 Å². The SMILES string of the molecule is CN(C(=O)c1cc(N)ccc1F)c1ccc(F)cc1. The van der Waals surface area contributed by atoms with Crippen molar-refractivity contribution in [3.8, 4) is 0 Å². The maximum absolute atomic E-state index is 13.6. The molecule has 1 amide bonds. The van der Waals surface area contributed by atoms with Crippen molar-refractivity contribution in [1.82, 2.24) is 0 Å². The Bertz CT molecular complexity index is 611. The average Bonchev–Trinajstić information content (AvgIpc) is 2.41. The van der Waals surface area contributed by atoms with Crippen molar-refractivity contribution in [2.24, 2.45) is 0 Å². The first-order chi connectivity index (χ1) is 8.99. The number of hydrogen-bond donors (Lipinski definition) is 1. The molecule has 0 saturated heterocycles. The van der Waals surface area contributed by atoms with Crippen molar-refractivity contribution in [2.75, 3.05) is 17.7 Å². The zero-order valence-corrected chi connectivity index (χ0v) is 10.2. The first-order valence-corrected chi connectivity index (χ1v) is 5.57. The second-order valence-electron chi connectivity index (χ2n) is 4.08. The summed E-state index contributed by atoms with van der Waals surface area (Å²) < 4.78 is 26.4. The number of anilines is 2. The van der Waals surface area contributed by atoms with E-state index in [-0.39, 0.29) is 5.56 Å². The van der Waals surface area contributed by atoms with Crippen molar-refractivity contribution >= 4 is 17.3 Å². The van der Waals surface area contributed by atoms with E-state index >= 15 is 0 Å². The standard InChI is InChI=1S/C14H12F2N2O/c1-18(11-5-2-9(15)3-6-11)14(19)12-8-10(17)4-7-13(12)16/h2-8H,17H2,1H3. The van der Waals surface area contributed by atoms with Crippen molar-refractivity contribution in [3.63, 3.8) is 0 Å². The first kappa shape index (κ1) is 13.0. The lowest BCUT2D eigenvalue weighted by molar-refractivity contribution is 0.0989. The second-order valence-corrected chi connectivity index (χ2v) is 4.08. The molecule has 0 atom stereocenters. The Balaban J connectivity index is 2.33. The Morgan fingerprint density at radius 1 is 1.11 bits per heavy atom. The van der Waals surface area contributed by atoms with E-state index in [1.165, 1.54) is 48.3 Å². The molecule has 0 saturated carbocycles. The molecule has 2 aromatic carbocycles. The van der Waals surface area contributed by atoms with Gasteiger partial charge in [0.25, 0.3) is 5.91 Å². The summed E-state index contributed by atoms with van der Waals surface area (Å²) >= 11 is 0. The minimum atomic E-state index is -0.645. The summed E-state index contributed by atoms with van der Waals surface area (Å²) in [6.07, 6.45) is 0. The van der Waals surface area contributed by atoms with Crippen LogP contribution in [0.25, 0.3) is 0 Å². The highest BCUT2D eigenvalue weighted by molar-refractivity contribution is 6.06. The number of halogens is 2. The number of amides is 1. The van der Waals surface area contributed by atoms with E-state index in [1.54, 1.807) is 0 Å². The molecule has 5 heteroatoms. The first-order valence-electron chi connectivity index (χ1n) is 5.57. The number of hydrogen-bond acceptors (Lipinski definition) is 2. The van der Waals surface area contributed by atoms with E-state index in [0.717, 1.165) is 6.07 Å². The number of nitrogen functional groups attached to an aromatic ring is 1. The fraction of sp³-hybridized carbons (Fsp3) is 0.0714. The zero-order chi connectivity index (χ0) is 14.0. The molecule has 2 rings (SSSR count). The van der Waals surface area contributed by atoms with Crippen LogP contribution >= 0.6 is 0 Å². The van der Waals surface area contributed by atoms with E-state index in [9.17, 15) is 13.6 Å². The van der Waals surface area contributed by atoms with Crippen LogP contribution in [0.3, 0.4) is 0 Å². The fourth-order valence-corrected chi connectivity index (χ4v) is 1.67. The van der Waals surface area contributed by atoms with Gasteiger partial charge in [0.2, 0.25) is 0 Å². The fourth-order valence-electron chi connectivity index (χ4n) is 1.67. The van der Waals surface area contributed by atoms with Crippen LogP contribution in [0.4, 0.5) is 20.2 Å². The molecule has 0 radical (unpaired) electrons. The summed E-state index contributed by atoms with van der Waals surface area (Å²) in [6.45, 7) is 0. The molecule has 0 aliphatic carbocycles. The van der Waals surface area contributed by atoms with Gasteiger partial charge in [-0.05, 0) is 42.5 Å². The molecule has 0 unspecified atom stereocenters. The van der Waals surface area contributed by atoms with Crippen molar-refractivity contribution in [1.29, 1.82) is 0 Å². The summed E-state index contributed by atoms with van der Waals surface area (Å²) in [5, 5.41) is 0. The molecular weight excluding hydrogens is 250 g/mol. The molecular formula is C14H12F2N2O. The van der Waals surface area contributed by atoms with Gasteiger partial charge < -0.3 is 10.6 Å². The van der Waals surface area contributed by atoms with Crippen LogP contribution in [0.1, 0.15) is 10.4 Å². The summed E-state index contributed by atoms with van der Waals surface area (Å²) in [5.41, 5.74) is 6.19. The van der Waals surface area contributed by atoms with Gasteiger partial charge in [-0.1, -0.05) is 0 Å².